The molecule has 4 aromatic rings. The van der Waals surface area contributed by atoms with Crippen LogP contribution in [-0.4, -0.2) is 56.0 Å². The van der Waals surface area contributed by atoms with Crippen molar-refractivity contribution in [1.82, 2.24) is 24.5 Å². The average molecular weight is 620 g/mol. The Balaban J connectivity index is 1.41. The number of carbonyl (C=O) groups excluding carboxylic acids is 2. The number of esters is 1. The smallest absolute Gasteiger partial charge is 0.417 e. The Labute approximate surface area is 259 Å². The van der Waals surface area contributed by atoms with Gasteiger partial charge in [-0.15, -0.1) is 5.10 Å². The molecule has 1 amide bonds. The van der Waals surface area contributed by atoms with Crippen LogP contribution >= 0.6 is 0 Å². The number of ether oxygens (including phenoxy) is 1. The van der Waals surface area contributed by atoms with E-state index in [2.05, 4.69) is 10.3 Å². The van der Waals surface area contributed by atoms with Gasteiger partial charge in [-0.25, -0.2) is 4.79 Å². The normalized spacial score (nSPS) is 19.9. The van der Waals surface area contributed by atoms with Gasteiger partial charge in [0.2, 0.25) is 0 Å². The minimum Gasteiger partial charge on any atom is -0.465 e. The predicted molar refractivity (Wildman–Crippen MR) is 162 cm³/mol. The molecule has 2 unspecified atom stereocenters. The van der Waals surface area contributed by atoms with Gasteiger partial charge < -0.3 is 14.2 Å². The van der Waals surface area contributed by atoms with Crippen molar-refractivity contribution in [2.24, 2.45) is 7.05 Å². The summed E-state index contributed by atoms with van der Waals surface area (Å²) in [5.74, 6) is -1.07. The maximum Gasteiger partial charge on any atom is 0.417 e. The van der Waals surface area contributed by atoms with Crippen LogP contribution in [-0.2, 0) is 18.0 Å². The predicted octanol–water partition coefficient (Wildman–Crippen LogP) is 7.14. The van der Waals surface area contributed by atoms with E-state index >= 15 is 0 Å². The lowest BCUT2D eigenvalue weighted by molar-refractivity contribution is -0.137. The molecule has 2 aliphatic rings. The van der Waals surface area contributed by atoms with Gasteiger partial charge in [0.05, 0.1) is 29.5 Å². The molecule has 236 valence electrons. The number of methoxy groups -OCH3 is 1. The number of nitrogens with zero attached hydrogens (tertiary/aromatic N) is 5. The van der Waals surface area contributed by atoms with Crippen molar-refractivity contribution >= 4 is 11.9 Å². The number of benzene rings is 2. The van der Waals surface area contributed by atoms with Crippen molar-refractivity contribution in [3.63, 3.8) is 0 Å². The number of halogens is 3. The topological polar surface area (TPSA) is 82.3 Å². The summed E-state index contributed by atoms with van der Waals surface area (Å²) in [5.41, 5.74) is 1.50. The van der Waals surface area contributed by atoms with Crippen LogP contribution in [0.4, 0.5) is 13.2 Å². The van der Waals surface area contributed by atoms with E-state index in [1.807, 2.05) is 17.7 Å². The third kappa shape index (κ3) is 5.87. The summed E-state index contributed by atoms with van der Waals surface area (Å²) in [6.07, 6.45) is 3.72. The number of carbonyl (C=O) groups is 2. The Bertz CT molecular complexity index is 1720. The number of piperidine rings is 1. The zero-order valence-electron chi connectivity index (χ0n) is 25.6. The molecule has 0 bridgehead atoms. The van der Waals surface area contributed by atoms with E-state index in [0.717, 1.165) is 44.2 Å². The van der Waals surface area contributed by atoms with E-state index in [-0.39, 0.29) is 29.0 Å². The molecular weight excluding hydrogens is 583 g/mol. The van der Waals surface area contributed by atoms with E-state index in [1.54, 1.807) is 53.2 Å². The first-order chi connectivity index (χ1) is 21.6. The van der Waals surface area contributed by atoms with Crippen LogP contribution in [0.25, 0.3) is 16.8 Å². The lowest BCUT2D eigenvalue weighted by Gasteiger charge is -2.36. The highest BCUT2D eigenvalue weighted by molar-refractivity contribution is 5.98. The maximum atomic E-state index is 14.9. The van der Waals surface area contributed by atoms with Gasteiger partial charge in [0.25, 0.3) is 5.91 Å². The molecule has 6 rings (SSSR count). The number of likely N-dealkylation sites (tertiary alicyclic amines) is 1. The Morgan fingerprint density at radius 1 is 1.04 bits per heavy atom. The van der Waals surface area contributed by atoms with Crippen molar-refractivity contribution in [2.75, 3.05) is 13.7 Å². The molecule has 3 heterocycles. The van der Waals surface area contributed by atoms with Gasteiger partial charge in [-0.05, 0) is 67.5 Å². The van der Waals surface area contributed by atoms with Crippen molar-refractivity contribution in [3.8, 4) is 16.8 Å². The first kappa shape index (κ1) is 30.6. The molecule has 0 spiro atoms. The molecule has 2 aromatic heterocycles. The van der Waals surface area contributed by atoms with Crippen molar-refractivity contribution in [3.05, 3.63) is 89.0 Å². The van der Waals surface area contributed by atoms with E-state index < -0.39 is 23.6 Å². The molecule has 1 saturated heterocycles. The number of alkyl halides is 3. The van der Waals surface area contributed by atoms with Crippen LogP contribution in [0.1, 0.15) is 95.0 Å². The SMILES string of the molecule is CCC[C@@H]1CCCCN1C(=O)c1cccc(-c2cccc(-n3ccc(C(=O)OC)c3C3CC3c3cn(C)nn3)c2)c1C(F)(F)F. The summed E-state index contributed by atoms with van der Waals surface area (Å²) < 4.78 is 53.1. The quantitative estimate of drug-likeness (QED) is 0.196. The highest BCUT2D eigenvalue weighted by Crippen LogP contribution is 2.55. The Morgan fingerprint density at radius 2 is 1.84 bits per heavy atom. The van der Waals surface area contributed by atoms with Gasteiger partial charge in [0.15, 0.2) is 0 Å². The van der Waals surface area contributed by atoms with E-state index in [4.69, 9.17) is 4.74 Å². The zero-order chi connectivity index (χ0) is 31.9. The molecule has 0 N–H and O–H groups in total. The fraction of sp³-hybridized carbons (Fsp3) is 0.412. The van der Waals surface area contributed by atoms with Crippen molar-refractivity contribution < 1.29 is 27.5 Å². The summed E-state index contributed by atoms with van der Waals surface area (Å²) in [4.78, 5) is 28.2. The van der Waals surface area contributed by atoms with Crippen molar-refractivity contribution in [1.29, 1.82) is 0 Å². The highest BCUT2D eigenvalue weighted by atomic mass is 19.4. The van der Waals surface area contributed by atoms with Crippen LogP contribution in [0.3, 0.4) is 0 Å². The lowest BCUT2D eigenvalue weighted by Crippen LogP contribution is -2.44. The number of aryl methyl sites for hydroxylation is 1. The minimum absolute atomic E-state index is 0.0461. The van der Waals surface area contributed by atoms with Gasteiger partial charge in [0.1, 0.15) is 0 Å². The standard InChI is InChI=1S/C34H36F3N5O3/c1-4-9-22-11-5-6-16-42(22)32(43)25-14-8-13-24(30(25)34(35,36)37)21-10-7-12-23(18-21)41-17-15-26(33(44)45-3)31(41)28-19-27(28)29-20-40(2)39-38-29/h7-8,10,12-15,17-18,20,22,27-28H,4-6,9,11,16,19H2,1-3H3/t22-,27?,28?/m1/s1. The van der Waals surface area contributed by atoms with Gasteiger partial charge in [-0.1, -0.05) is 42.8 Å². The van der Waals surface area contributed by atoms with Gasteiger partial charge in [-0.3, -0.25) is 9.48 Å². The molecule has 2 fully saturated rings. The van der Waals surface area contributed by atoms with Crippen LogP contribution in [0.5, 0.6) is 0 Å². The summed E-state index contributed by atoms with van der Waals surface area (Å²) in [6, 6.07) is 12.6. The highest BCUT2D eigenvalue weighted by Gasteiger charge is 2.46. The number of aromatic nitrogens is 4. The minimum atomic E-state index is -4.76. The lowest BCUT2D eigenvalue weighted by atomic mass is 9.92. The Morgan fingerprint density at radius 3 is 2.56 bits per heavy atom. The molecule has 8 nitrogen and oxygen atoms in total. The first-order valence-electron chi connectivity index (χ1n) is 15.4. The van der Waals surface area contributed by atoms with Crippen LogP contribution in [0.2, 0.25) is 0 Å². The van der Waals surface area contributed by atoms with Crippen LogP contribution < -0.4 is 0 Å². The number of hydrogen-bond donors (Lipinski definition) is 0. The largest absolute Gasteiger partial charge is 0.465 e. The molecule has 11 heteroatoms. The molecular formula is C34H36F3N5O3. The molecule has 1 saturated carbocycles. The van der Waals surface area contributed by atoms with E-state index in [9.17, 15) is 22.8 Å². The summed E-state index contributed by atoms with van der Waals surface area (Å²) in [6.45, 7) is 2.48. The number of hydrogen-bond acceptors (Lipinski definition) is 5. The Kier molecular flexibility index (Phi) is 8.28. The maximum absolute atomic E-state index is 14.9. The fourth-order valence-electron chi connectivity index (χ4n) is 6.85. The molecule has 3 atom stereocenters. The summed E-state index contributed by atoms with van der Waals surface area (Å²) in [7, 11) is 3.11. The van der Waals surface area contributed by atoms with Crippen LogP contribution in [0, 0.1) is 0 Å². The third-order valence-electron chi connectivity index (χ3n) is 9.00. The van der Waals surface area contributed by atoms with Crippen molar-refractivity contribution in [2.45, 2.75) is 69.5 Å². The first-order valence-corrected chi connectivity index (χ1v) is 15.4. The third-order valence-corrected chi connectivity index (χ3v) is 9.00. The monoisotopic (exact) mass is 619 g/mol. The van der Waals surface area contributed by atoms with Gasteiger partial charge in [-0.2, -0.15) is 13.2 Å². The fourth-order valence-corrected chi connectivity index (χ4v) is 6.85. The second kappa shape index (κ2) is 12.2. The molecule has 0 radical (unpaired) electrons. The Hall–Kier alpha value is -4.41. The molecule has 1 aliphatic carbocycles. The second-order valence-electron chi connectivity index (χ2n) is 12.0. The number of rotatable bonds is 8. The number of amides is 1. The van der Waals surface area contributed by atoms with E-state index in [1.165, 1.54) is 25.3 Å². The van der Waals surface area contributed by atoms with Gasteiger partial charge in [0, 0.05) is 55.2 Å². The average Bonchev–Trinajstić information content (AvgIpc) is 3.49. The molecule has 45 heavy (non-hydrogen) atoms. The van der Waals surface area contributed by atoms with E-state index in [0.29, 0.717) is 29.1 Å². The molecule has 1 aliphatic heterocycles. The summed E-state index contributed by atoms with van der Waals surface area (Å²) in [5, 5.41) is 8.28. The second-order valence-corrected chi connectivity index (χ2v) is 12.0. The summed E-state index contributed by atoms with van der Waals surface area (Å²) >= 11 is 0. The van der Waals surface area contributed by atoms with Crippen LogP contribution in [0.15, 0.2) is 60.9 Å². The molecule has 2 aromatic carbocycles. The zero-order valence-corrected chi connectivity index (χ0v) is 25.6. The van der Waals surface area contributed by atoms with Gasteiger partial charge >= 0.3 is 12.1 Å².